The molecule has 0 saturated heterocycles. The maximum Gasteiger partial charge on any atom is 0.321 e. The highest BCUT2D eigenvalue weighted by Gasteiger charge is 2.29. The Balaban J connectivity index is 1.90. The second-order valence-corrected chi connectivity index (χ2v) is 4.00. The third kappa shape index (κ3) is 2.19. The Hall–Kier alpha value is -2.28. The molecule has 0 aliphatic carbocycles. The van der Waals surface area contributed by atoms with E-state index in [0.717, 1.165) is 5.84 Å². The van der Waals surface area contributed by atoms with E-state index in [1.54, 1.807) is 12.0 Å². The Morgan fingerprint density at radius 2 is 2.05 bits per heavy atom. The van der Waals surface area contributed by atoms with Crippen molar-refractivity contribution in [3.63, 3.8) is 0 Å². The van der Waals surface area contributed by atoms with Gasteiger partial charge in [0.2, 0.25) is 5.96 Å². The summed E-state index contributed by atoms with van der Waals surface area (Å²) >= 11 is 0. The Labute approximate surface area is 110 Å². The van der Waals surface area contributed by atoms with Crippen molar-refractivity contribution in [1.29, 1.82) is 0 Å². The van der Waals surface area contributed by atoms with Crippen LogP contribution in [0.15, 0.2) is 44.0 Å². The number of rotatable bonds is 3. The number of allylic oxidation sites excluding steroid dienone is 2. The largest absolute Gasteiger partial charge is 0.461 e. The zero-order chi connectivity index (χ0) is 13.2. The van der Waals surface area contributed by atoms with Gasteiger partial charge in [0.15, 0.2) is 0 Å². The summed E-state index contributed by atoms with van der Waals surface area (Å²) in [5.74, 6) is 2.66. The highest BCUT2D eigenvalue weighted by atomic mass is 16.5. The summed E-state index contributed by atoms with van der Waals surface area (Å²) in [6.07, 6.45) is 5.65. The monoisotopic (exact) mass is 259 g/mol. The molecule has 0 aromatic carbocycles. The van der Waals surface area contributed by atoms with Gasteiger partial charge in [0.1, 0.15) is 24.1 Å². The average molecular weight is 259 g/mol. The first-order valence-corrected chi connectivity index (χ1v) is 5.89. The SMILES string of the molecule is COCCOC1=NC2=CC=CC3=NC(C)=NC(=N1)N23. The number of ether oxygens (including phenoxy) is 2. The summed E-state index contributed by atoms with van der Waals surface area (Å²) in [5.41, 5.74) is 0. The number of hydrogen-bond donors (Lipinski definition) is 0. The number of methoxy groups -OCH3 is 1. The number of nitrogens with zero attached hydrogens (tertiary/aromatic N) is 5. The fourth-order valence-electron chi connectivity index (χ4n) is 1.82. The lowest BCUT2D eigenvalue weighted by atomic mass is 10.3. The van der Waals surface area contributed by atoms with E-state index in [-0.39, 0.29) is 0 Å². The molecule has 0 N–H and O–H groups in total. The predicted molar refractivity (Wildman–Crippen MR) is 72.3 cm³/mol. The van der Waals surface area contributed by atoms with E-state index in [4.69, 9.17) is 9.47 Å². The third-order valence-corrected chi connectivity index (χ3v) is 2.61. The van der Waals surface area contributed by atoms with Gasteiger partial charge in [-0.25, -0.2) is 9.89 Å². The van der Waals surface area contributed by atoms with Crippen molar-refractivity contribution >= 4 is 23.7 Å². The van der Waals surface area contributed by atoms with Gasteiger partial charge < -0.3 is 9.47 Å². The molecular formula is C12H13N5O2. The Morgan fingerprint density at radius 3 is 2.89 bits per heavy atom. The van der Waals surface area contributed by atoms with Crippen LogP contribution in [-0.4, -0.2) is 48.9 Å². The molecule has 3 heterocycles. The summed E-state index contributed by atoms with van der Waals surface area (Å²) < 4.78 is 10.4. The van der Waals surface area contributed by atoms with Gasteiger partial charge in [0.05, 0.1) is 6.61 Å². The van der Waals surface area contributed by atoms with E-state index in [0.29, 0.717) is 36.9 Å². The minimum atomic E-state index is 0.294. The first-order chi connectivity index (χ1) is 9.28. The lowest BCUT2D eigenvalue weighted by Gasteiger charge is -2.30. The summed E-state index contributed by atoms with van der Waals surface area (Å²) in [4.78, 5) is 19.0. The number of hydrogen-bond acceptors (Lipinski definition) is 7. The van der Waals surface area contributed by atoms with Crippen molar-refractivity contribution in [2.75, 3.05) is 20.3 Å². The Kier molecular flexibility index (Phi) is 2.96. The molecule has 0 unspecified atom stereocenters. The molecule has 98 valence electrons. The lowest BCUT2D eigenvalue weighted by Crippen LogP contribution is -2.41. The Morgan fingerprint density at radius 1 is 1.16 bits per heavy atom. The predicted octanol–water partition coefficient (Wildman–Crippen LogP) is 0.919. The summed E-state index contributed by atoms with van der Waals surface area (Å²) in [7, 11) is 1.62. The van der Waals surface area contributed by atoms with E-state index in [1.165, 1.54) is 0 Å². The molecule has 0 aromatic heterocycles. The topological polar surface area (TPSA) is 71.1 Å². The van der Waals surface area contributed by atoms with Crippen LogP contribution in [-0.2, 0) is 9.47 Å². The molecule has 0 amide bonds. The summed E-state index contributed by atoms with van der Waals surface area (Å²) in [6, 6.07) is 0.294. The molecule has 0 bridgehead atoms. The molecule has 19 heavy (non-hydrogen) atoms. The molecule has 0 fully saturated rings. The minimum Gasteiger partial charge on any atom is -0.461 e. The van der Waals surface area contributed by atoms with Gasteiger partial charge >= 0.3 is 6.02 Å². The van der Waals surface area contributed by atoms with E-state index >= 15 is 0 Å². The second-order valence-electron chi connectivity index (χ2n) is 4.00. The smallest absolute Gasteiger partial charge is 0.321 e. The highest BCUT2D eigenvalue weighted by molar-refractivity contribution is 6.20. The van der Waals surface area contributed by atoms with Crippen molar-refractivity contribution in [2.24, 2.45) is 20.0 Å². The van der Waals surface area contributed by atoms with Gasteiger partial charge in [-0.1, -0.05) is 6.08 Å². The third-order valence-electron chi connectivity index (χ3n) is 2.61. The van der Waals surface area contributed by atoms with Gasteiger partial charge in [-0.2, -0.15) is 15.0 Å². The van der Waals surface area contributed by atoms with E-state index in [2.05, 4.69) is 20.0 Å². The van der Waals surface area contributed by atoms with Crippen molar-refractivity contribution in [3.05, 3.63) is 24.0 Å². The normalized spacial score (nSPS) is 19.9. The first kappa shape index (κ1) is 11.8. The van der Waals surface area contributed by atoms with Gasteiger partial charge in [-0.15, -0.1) is 0 Å². The van der Waals surface area contributed by atoms with E-state index < -0.39 is 0 Å². The molecule has 0 atom stereocenters. The van der Waals surface area contributed by atoms with E-state index in [9.17, 15) is 0 Å². The van der Waals surface area contributed by atoms with Crippen molar-refractivity contribution < 1.29 is 9.47 Å². The van der Waals surface area contributed by atoms with Gasteiger partial charge in [0.25, 0.3) is 0 Å². The molecule has 7 nitrogen and oxygen atoms in total. The number of aliphatic imine (C=N–C) groups is 4. The second kappa shape index (κ2) is 4.77. The summed E-state index contributed by atoms with van der Waals surface area (Å²) in [6.45, 7) is 2.72. The van der Waals surface area contributed by atoms with Gasteiger partial charge in [-0.05, 0) is 19.1 Å². The number of amidine groups is 3. The van der Waals surface area contributed by atoms with Crippen molar-refractivity contribution in [2.45, 2.75) is 6.92 Å². The summed E-state index contributed by atoms with van der Waals surface area (Å²) in [5, 5.41) is 0. The molecule has 0 radical (unpaired) electrons. The highest BCUT2D eigenvalue weighted by Crippen LogP contribution is 2.22. The van der Waals surface area contributed by atoms with Gasteiger partial charge in [-0.3, -0.25) is 0 Å². The van der Waals surface area contributed by atoms with Crippen LogP contribution >= 0.6 is 0 Å². The lowest BCUT2D eigenvalue weighted by molar-refractivity contribution is 0.140. The molecular weight excluding hydrogens is 246 g/mol. The Bertz CT molecular complexity index is 583. The standard InChI is InChI=1S/C12H13N5O2/c1-8-13-9-4-3-5-10-15-12(19-7-6-18-2)16-11(14-8)17(9)10/h3-5H,6-7H2,1-2H3. The van der Waals surface area contributed by atoms with Crippen LogP contribution < -0.4 is 0 Å². The molecule has 0 spiro atoms. The van der Waals surface area contributed by atoms with Gasteiger partial charge in [0, 0.05) is 7.11 Å². The zero-order valence-corrected chi connectivity index (χ0v) is 10.7. The molecule has 7 heteroatoms. The van der Waals surface area contributed by atoms with Crippen LogP contribution in [0.25, 0.3) is 0 Å². The van der Waals surface area contributed by atoms with Crippen LogP contribution in [0.1, 0.15) is 6.92 Å². The molecule has 3 aliphatic rings. The van der Waals surface area contributed by atoms with Crippen LogP contribution in [0.4, 0.5) is 0 Å². The van der Waals surface area contributed by atoms with Crippen molar-refractivity contribution in [1.82, 2.24) is 4.90 Å². The quantitative estimate of drug-likeness (QED) is 0.707. The van der Waals surface area contributed by atoms with Crippen LogP contribution in [0, 0.1) is 0 Å². The molecule has 3 aliphatic heterocycles. The average Bonchev–Trinajstić information content (AvgIpc) is 2.38. The van der Waals surface area contributed by atoms with E-state index in [1.807, 2.05) is 25.2 Å². The molecule has 0 aromatic rings. The maximum atomic E-state index is 5.44. The van der Waals surface area contributed by atoms with Crippen LogP contribution in [0.5, 0.6) is 0 Å². The maximum absolute atomic E-state index is 5.44. The van der Waals surface area contributed by atoms with Crippen LogP contribution in [0.3, 0.4) is 0 Å². The van der Waals surface area contributed by atoms with Crippen LogP contribution in [0.2, 0.25) is 0 Å². The fraction of sp³-hybridized carbons (Fsp3) is 0.333. The minimum absolute atomic E-state index is 0.294. The zero-order valence-electron chi connectivity index (χ0n) is 10.7. The molecule has 0 saturated carbocycles. The first-order valence-electron chi connectivity index (χ1n) is 5.89. The fourth-order valence-corrected chi connectivity index (χ4v) is 1.82. The molecule has 3 rings (SSSR count). The number of guanidine groups is 1. The van der Waals surface area contributed by atoms with Crippen molar-refractivity contribution in [3.8, 4) is 0 Å².